The first-order valence-electron chi connectivity index (χ1n) is 5.38. The Morgan fingerprint density at radius 1 is 1.56 bits per heavy atom. The summed E-state index contributed by atoms with van der Waals surface area (Å²) in [7, 11) is 1.47. The average Bonchev–Trinajstić information content (AvgIpc) is 2.67. The Hall–Kier alpha value is -1.56. The number of carbonyl (C=O) groups is 2. The van der Waals surface area contributed by atoms with E-state index >= 15 is 0 Å². The Balaban J connectivity index is 2.44. The summed E-state index contributed by atoms with van der Waals surface area (Å²) in [4.78, 5) is 24.6. The van der Waals surface area contributed by atoms with Crippen molar-refractivity contribution < 1.29 is 19.4 Å². The molecule has 1 aromatic carbocycles. The van der Waals surface area contributed by atoms with Crippen molar-refractivity contribution in [2.24, 2.45) is 0 Å². The molecule has 0 bridgehead atoms. The molecule has 1 saturated heterocycles. The number of methoxy groups -OCH3 is 1. The van der Waals surface area contributed by atoms with Crippen molar-refractivity contribution in [2.75, 3.05) is 18.6 Å². The van der Waals surface area contributed by atoms with Crippen molar-refractivity contribution in [2.45, 2.75) is 11.2 Å². The third-order valence-electron chi connectivity index (χ3n) is 2.80. The molecule has 1 unspecified atom stereocenters. The summed E-state index contributed by atoms with van der Waals surface area (Å²) in [5, 5.41) is 9.19. The van der Waals surface area contributed by atoms with Gasteiger partial charge in [-0.25, -0.2) is 4.79 Å². The number of anilines is 1. The van der Waals surface area contributed by atoms with Gasteiger partial charge in [0.2, 0.25) is 5.91 Å². The smallest absolute Gasteiger partial charge is 0.337 e. The lowest BCUT2D eigenvalue weighted by atomic mass is 10.1. The molecule has 1 aliphatic rings. The molecule has 18 heavy (non-hydrogen) atoms. The first-order chi connectivity index (χ1) is 8.52. The Kier molecular flexibility index (Phi) is 3.56. The highest BCUT2D eigenvalue weighted by Gasteiger charge is 2.31. The van der Waals surface area contributed by atoms with E-state index in [1.54, 1.807) is 12.1 Å². The monoisotopic (exact) mass is 313 g/mol. The molecule has 1 aromatic rings. The molecule has 0 spiro atoms. The molecule has 0 aromatic heterocycles. The van der Waals surface area contributed by atoms with E-state index in [0.29, 0.717) is 24.4 Å². The molecule has 96 valence electrons. The highest BCUT2D eigenvalue weighted by Crippen LogP contribution is 2.30. The first kappa shape index (κ1) is 12.9. The zero-order valence-corrected chi connectivity index (χ0v) is 11.3. The zero-order valence-electron chi connectivity index (χ0n) is 9.72. The summed E-state index contributed by atoms with van der Waals surface area (Å²) >= 11 is 3.37. The van der Waals surface area contributed by atoms with Crippen LogP contribution < -0.4 is 9.64 Å². The molecule has 1 atom stereocenters. The van der Waals surface area contributed by atoms with E-state index in [-0.39, 0.29) is 16.3 Å². The van der Waals surface area contributed by atoms with Gasteiger partial charge in [-0.05, 0) is 18.2 Å². The van der Waals surface area contributed by atoms with Crippen LogP contribution in [0.1, 0.15) is 16.8 Å². The van der Waals surface area contributed by atoms with Crippen molar-refractivity contribution in [1.82, 2.24) is 0 Å². The van der Waals surface area contributed by atoms with Gasteiger partial charge in [-0.15, -0.1) is 0 Å². The number of amides is 1. The van der Waals surface area contributed by atoms with Crippen LogP contribution in [0.3, 0.4) is 0 Å². The number of nitrogens with zero attached hydrogens (tertiary/aromatic N) is 1. The van der Waals surface area contributed by atoms with E-state index in [1.807, 2.05) is 0 Å². The zero-order chi connectivity index (χ0) is 13.3. The van der Waals surface area contributed by atoms with E-state index in [2.05, 4.69) is 15.9 Å². The van der Waals surface area contributed by atoms with Crippen molar-refractivity contribution in [3.05, 3.63) is 23.8 Å². The first-order valence-corrected chi connectivity index (χ1v) is 6.30. The summed E-state index contributed by atoms with van der Waals surface area (Å²) in [5.41, 5.74) is 0.486. The van der Waals surface area contributed by atoms with Crippen LogP contribution in [0.4, 0.5) is 5.69 Å². The van der Waals surface area contributed by atoms with Crippen molar-refractivity contribution in [3.63, 3.8) is 0 Å². The SMILES string of the molecule is COc1ccc(N2CC(Br)CC2=O)c(C(=O)O)c1. The van der Waals surface area contributed by atoms with E-state index in [4.69, 9.17) is 4.74 Å². The molecule has 1 amide bonds. The molecular formula is C12H12BrNO4. The van der Waals surface area contributed by atoms with Crippen LogP contribution >= 0.6 is 15.9 Å². The summed E-state index contributed by atoms with van der Waals surface area (Å²) in [6.07, 6.45) is 0.380. The topological polar surface area (TPSA) is 66.8 Å². The number of aromatic carboxylic acids is 1. The lowest BCUT2D eigenvalue weighted by Crippen LogP contribution is -2.26. The molecule has 0 saturated carbocycles. The number of benzene rings is 1. The molecule has 1 heterocycles. The lowest BCUT2D eigenvalue weighted by Gasteiger charge is -2.18. The van der Waals surface area contributed by atoms with E-state index < -0.39 is 5.97 Å². The quantitative estimate of drug-likeness (QED) is 0.865. The van der Waals surface area contributed by atoms with Gasteiger partial charge in [-0.1, -0.05) is 15.9 Å². The maximum absolute atomic E-state index is 11.8. The molecule has 0 radical (unpaired) electrons. The standard InChI is InChI=1S/C12H12BrNO4/c1-18-8-2-3-10(9(5-8)12(16)17)14-6-7(13)4-11(14)15/h2-3,5,7H,4,6H2,1H3,(H,16,17). The highest BCUT2D eigenvalue weighted by molar-refractivity contribution is 9.09. The van der Waals surface area contributed by atoms with Crippen molar-refractivity contribution in [1.29, 1.82) is 0 Å². The van der Waals surface area contributed by atoms with Crippen LogP contribution in [0.25, 0.3) is 0 Å². The number of carboxylic acids is 1. The number of carbonyl (C=O) groups excluding carboxylic acids is 1. The number of carboxylic acid groups (broad SMARTS) is 1. The van der Waals surface area contributed by atoms with E-state index in [1.165, 1.54) is 18.1 Å². The van der Waals surface area contributed by atoms with E-state index in [9.17, 15) is 14.7 Å². The fourth-order valence-electron chi connectivity index (χ4n) is 1.95. The van der Waals surface area contributed by atoms with Crippen molar-refractivity contribution in [3.8, 4) is 5.75 Å². The number of hydrogen-bond acceptors (Lipinski definition) is 3. The van der Waals surface area contributed by atoms with Crippen LogP contribution in [0.5, 0.6) is 5.75 Å². The normalized spacial score (nSPS) is 19.1. The maximum atomic E-state index is 11.8. The number of rotatable bonds is 3. The lowest BCUT2D eigenvalue weighted by molar-refractivity contribution is -0.117. The van der Waals surface area contributed by atoms with Gasteiger partial charge in [0.15, 0.2) is 0 Å². The third-order valence-corrected chi connectivity index (χ3v) is 3.42. The molecule has 5 nitrogen and oxygen atoms in total. The maximum Gasteiger partial charge on any atom is 0.337 e. The van der Waals surface area contributed by atoms with E-state index in [0.717, 1.165) is 0 Å². The number of halogens is 1. The van der Waals surface area contributed by atoms with Gasteiger partial charge in [0.05, 0.1) is 18.4 Å². The van der Waals surface area contributed by atoms with Crippen LogP contribution in [0.15, 0.2) is 18.2 Å². The second-order valence-corrected chi connectivity index (χ2v) is 5.29. The number of alkyl halides is 1. The molecule has 2 rings (SSSR count). The summed E-state index contributed by atoms with van der Waals surface area (Å²) in [6, 6.07) is 4.67. The highest BCUT2D eigenvalue weighted by atomic mass is 79.9. The molecule has 1 aliphatic heterocycles. The fourth-order valence-corrected chi connectivity index (χ4v) is 2.51. The second kappa shape index (κ2) is 4.97. The Bertz CT molecular complexity index is 503. The van der Waals surface area contributed by atoms with Gasteiger partial charge in [0.1, 0.15) is 5.75 Å². The van der Waals surface area contributed by atoms with Gasteiger partial charge >= 0.3 is 5.97 Å². The largest absolute Gasteiger partial charge is 0.497 e. The van der Waals surface area contributed by atoms with Gasteiger partial charge in [-0.3, -0.25) is 4.79 Å². The molecule has 0 aliphatic carbocycles. The minimum atomic E-state index is -1.07. The third kappa shape index (κ3) is 2.33. The van der Waals surface area contributed by atoms with Crippen LogP contribution in [0, 0.1) is 0 Å². The van der Waals surface area contributed by atoms with Crippen LogP contribution in [0.2, 0.25) is 0 Å². The summed E-state index contributed by atoms with van der Waals surface area (Å²) < 4.78 is 4.99. The van der Waals surface area contributed by atoms with Gasteiger partial charge in [0.25, 0.3) is 0 Å². The van der Waals surface area contributed by atoms with Crippen LogP contribution in [-0.4, -0.2) is 35.5 Å². The Morgan fingerprint density at radius 2 is 2.28 bits per heavy atom. The Labute approximate surface area is 112 Å². The molecular weight excluding hydrogens is 302 g/mol. The second-order valence-electron chi connectivity index (χ2n) is 3.99. The van der Waals surface area contributed by atoms with Gasteiger partial charge < -0.3 is 14.7 Å². The number of hydrogen-bond donors (Lipinski definition) is 1. The Morgan fingerprint density at radius 3 is 2.78 bits per heavy atom. The molecule has 6 heteroatoms. The van der Waals surface area contributed by atoms with Crippen molar-refractivity contribution >= 4 is 33.5 Å². The summed E-state index contributed by atoms with van der Waals surface area (Å²) in [6.45, 7) is 0.478. The van der Waals surface area contributed by atoms with Crippen LogP contribution in [-0.2, 0) is 4.79 Å². The predicted molar refractivity (Wildman–Crippen MR) is 69.6 cm³/mol. The number of ether oxygens (including phenoxy) is 1. The van der Waals surface area contributed by atoms with Gasteiger partial charge in [-0.2, -0.15) is 0 Å². The fraction of sp³-hybridized carbons (Fsp3) is 0.333. The predicted octanol–water partition coefficient (Wildman–Crippen LogP) is 1.89. The minimum absolute atomic E-state index is 0.0637. The molecule has 1 N–H and O–H groups in total. The van der Waals surface area contributed by atoms with Gasteiger partial charge in [0, 0.05) is 17.8 Å². The summed E-state index contributed by atoms with van der Waals surface area (Å²) in [5.74, 6) is -0.697. The minimum Gasteiger partial charge on any atom is -0.497 e. The molecule has 1 fully saturated rings. The average molecular weight is 314 g/mol.